The number of sulfonamides is 1. The summed E-state index contributed by atoms with van der Waals surface area (Å²) in [7, 11) is -0.495. The summed E-state index contributed by atoms with van der Waals surface area (Å²) in [6.45, 7) is 0.512. The van der Waals surface area contributed by atoms with Gasteiger partial charge in [0, 0.05) is 27.2 Å². The largest absolute Gasteiger partial charge is 0.396 e. The molecule has 0 saturated heterocycles. The van der Waals surface area contributed by atoms with E-state index in [1.807, 2.05) is 0 Å². The summed E-state index contributed by atoms with van der Waals surface area (Å²) in [5.74, 6) is 0. The molecule has 0 saturated carbocycles. The van der Waals surface area contributed by atoms with Crippen LogP contribution in [0.1, 0.15) is 19.3 Å². The summed E-state index contributed by atoms with van der Waals surface area (Å²) >= 11 is 5.88. The zero-order valence-electron chi connectivity index (χ0n) is 10.5. The minimum atomic E-state index is -3.63. The highest BCUT2D eigenvalue weighted by atomic mass is 35.5. The summed E-state index contributed by atoms with van der Waals surface area (Å²) in [5, 5.41) is 8.64. The normalized spacial score (nSPS) is 12.3. The number of aliphatic hydroxyl groups excluding tert-OH is 1. The van der Waals surface area contributed by atoms with Gasteiger partial charge in [-0.2, -0.15) is 4.31 Å². The van der Waals surface area contributed by atoms with Crippen LogP contribution in [0.3, 0.4) is 0 Å². The Morgan fingerprint density at radius 3 is 2.61 bits per heavy atom. The van der Waals surface area contributed by atoms with Crippen molar-refractivity contribution in [1.29, 1.82) is 0 Å². The Labute approximate surface area is 112 Å². The molecule has 1 heterocycles. The first-order valence-corrected chi connectivity index (χ1v) is 7.47. The minimum absolute atomic E-state index is 0.109. The molecule has 104 valence electrons. The highest BCUT2D eigenvalue weighted by Crippen LogP contribution is 2.21. The minimum Gasteiger partial charge on any atom is -0.396 e. The standard InChI is InChI=1S/C10H18ClN3O3S/c1-13-8-12-10(9(13)11)18(16,17)14(2)6-4-3-5-7-15/h8,15H,3-7H2,1-2H3. The quantitative estimate of drug-likeness (QED) is 0.757. The fourth-order valence-electron chi connectivity index (χ4n) is 1.46. The number of aliphatic hydroxyl groups is 1. The molecule has 1 rings (SSSR count). The van der Waals surface area contributed by atoms with E-state index in [0.29, 0.717) is 19.4 Å². The average Bonchev–Trinajstić information content (AvgIpc) is 2.66. The average molecular weight is 296 g/mol. The molecular weight excluding hydrogens is 278 g/mol. The number of unbranched alkanes of at least 4 members (excludes halogenated alkanes) is 2. The van der Waals surface area contributed by atoms with Crippen molar-refractivity contribution in [2.75, 3.05) is 20.2 Å². The van der Waals surface area contributed by atoms with Crippen molar-refractivity contribution in [1.82, 2.24) is 13.9 Å². The Bertz CT molecular complexity index is 487. The van der Waals surface area contributed by atoms with Gasteiger partial charge >= 0.3 is 0 Å². The maximum absolute atomic E-state index is 12.1. The third-order valence-electron chi connectivity index (χ3n) is 2.62. The van der Waals surface area contributed by atoms with Gasteiger partial charge in [0.1, 0.15) is 5.15 Å². The van der Waals surface area contributed by atoms with Gasteiger partial charge < -0.3 is 9.67 Å². The van der Waals surface area contributed by atoms with E-state index in [-0.39, 0.29) is 16.8 Å². The van der Waals surface area contributed by atoms with Crippen LogP contribution in [0, 0.1) is 0 Å². The molecule has 0 spiro atoms. The molecule has 0 aliphatic carbocycles. The number of imidazole rings is 1. The summed E-state index contributed by atoms with van der Waals surface area (Å²) in [5.41, 5.74) is 0. The maximum atomic E-state index is 12.1. The Balaban J connectivity index is 2.71. The lowest BCUT2D eigenvalue weighted by Crippen LogP contribution is -2.28. The van der Waals surface area contributed by atoms with Gasteiger partial charge in [-0.05, 0) is 19.3 Å². The van der Waals surface area contributed by atoms with Crippen molar-refractivity contribution in [2.45, 2.75) is 24.3 Å². The van der Waals surface area contributed by atoms with Crippen LogP contribution in [0.2, 0.25) is 5.15 Å². The number of aromatic nitrogens is 2. The lowest BCUT2D eigenvalue weighted by Gasteiger charge is -2.15. The van der Waals surface area contributed by atoms with E-state index >= 15 is 0 Å². The van der Waals surface area contributed by atoms with E-state index in [0.717, 1.165) is 6.42 Å². The molecular formula is C10H18ClN3O3S. The summed E-state index contributed by atoms with van der Waals surface area (Å²) in [6, 6.07) is 0. The number of halogens is 1. The van der Waals surface area contributed by atoms with Crippen molar-refractivity contribution in [3.05, 3.63) is 11.5 Å². The molecule has 0 bridgehead atoms. The molecule has 1 aromatic heterocycles. The second-order valence-electron chi connectivity index (χ2n) is 4.06. The van der Waals surface area contributed by atoms with Gasteiger partial charge in [0.05, 0.1) is 6.33 Å². The second-order valence-corrected chi connectivity index (χ2v) is 6.38. The van der Waals surface area contributed by atoms with Crippen LogP contribution < -0.4 is 0 Å². The first-order chi connectivity index (χ1) is 8.41. The van der Waals surface area contributed by atoms with Crippen molar-refractivity contribution in [2.24, 2.45) is 7.05 Å². The fraction of sp³-hybridized carbons (Fsp3) is 0.700. The molecule has 0 atom stereocenters. The zero-order valence-corrected chi connectivity index (χ0v) is 12.1. The Morgan fingerprint density at radius 1 is 1.44 bits per heavy atom. The molecule has 0 fully saturated rings. The number of aryl methyl sites for hydroxylation is 1. The van der Waals surface area contributed by atoms with E-state index < -0.39 is 10.0 Å². The highest BCUT2D eigenvalue weighted by molar-refractivity contribution is 7.89. The lowest BCUT2D eigenvalue weighted by molar-refractivity contribution is 0.281. The monoisotopic (exact) mass is 295 g/mol. The highest BCUT2D eigenvalue weighted by Gasteiger charge is 2.26. The second kappa shape index (κ2) is 6.51. The van der Waals surface area contributed by atoms with E-state index in [9.17, 15) is 8.42 Å². The van der Waals surface area contributed by atoms with Crippen LogP contribution in [0.15, 0.2) is 11.4 Å². The number of hydrogen-bond donors (Lipinski definition) is 1. The topological polar surface area (TPSA) is 75.4 Å². The van der Waals surface area contributed by atoms with Crippen LogP contribution >= 0.6 is 11.6 Å². The van der Waals surface area contributed by atoms with E-state index in [2.05, 4.69) is 4.98 Å². The molecule has 0 unspecified atom stereocenters. The van der Waals surface area contributed by atoms with Gasteiger partial charge in [-0.3, -0.25) is 0 Å². The molecule has 0 radical (unpaired) electrons. The van der Waals surface area contributed by atoms with Crippen LogP contribution in [0.4, 0.5) is 0 Å². The first-order valence-electron chi connectivity index (χ1n) is 5.65. The van der Waals surface area contributed by atoms with Crippen molar-refractivity contribution < 1.29 is 13.5 Å². The smallest absolute Gasteiger partial charge is 0.263 e. The van der Waals surface area contributed by atoms with Gasteiger partial charge in [-0.15, -0.1) is 0 Å². The van der Waals surface area contributed by atoms with E-state index in [1.165, 1.54) is 22.2 Å². The van der Waals surface area contributed by atoms with E-state index in [4.69, 9.17) is 16.7 Å². The van der Waals surface area contributed by atoms with Gasteiger partial charge in [0.25, 0.3) is 10.0 Å². The molecule has 0 amide bonds. The molecule has 0 aromatic carbocycles. The van der Waals surface area contributed by atoms with Gasteiger partial charge in [-0.1, -0.05) is 11.6 Å². The summed E-state index contributed by atoms with van der Waals surface area (Å²) in [6.07, 6.45) is 3.53. The zero-order chi connectivity index (χ0) is 13.8. The third kappa shape index (κ3) is 3.44. The molecule has 6 nitrogen and oxygen atoms in total. The Kier molecular flexibility index (Phi) is 5.58. The van der Waals surface area contributed by atoms with E-state index in [1.54, 1.807) is 7.05 Å². The predicted octanol–water partition coefficient (Wildman–Crippen LogP) is 0.857. The Morgan fingerprint density at radius 2 is 2.11 bits per heavy atom. The van der Waals surface area contributed by atoms with Crippen LogP contribution in [-0.2, 0) is 17.1 Å². The SMILES string of the molecule is CN(CCCCCO)S(=O)(=O)c1ncn(C)c1Cl. The van der Waals surface area contributed by atoms with Gasteiger partial charge in [0.15, 0.2) is 0 Å². The van der Waals surface area contributed by atoms with Crippen molar-refractivity contribution >= 4 is 21.6 Å². The fourth-order valence-corrected chi connectivity index (χ4v) is 3.04. The molecule has 18 heavy (non-hydrogen) atoms. The summed E-state index contributed by atoms with van der Waals surface area (Å²) < 4.78 is 27.0. The van der Waals surface area contributed by atoms with Crippen molar-refractivity contribution in [3.8, 4) is 0 Å². The van der Waals surface area contributed by atoms with Crippen LogP contribution in [0.25, 0.3) is 0 Å². The first kappa shape index (κ1) is 15.4. The number of rotatable bonds is 7. The molecule has 1 N–H and O–H groups in total. The predicted molar refractivity (Wildman–Crippen MR) is 69.0 cm³/mol. The number of nitrogens with zero attached hydrogens (tertiary/aromatic N) is 3. The van der Waals surface area contributed by atoms with Crippen LogP contribution in [-0.4, -0.2) is 47.6 Å². The molecule has 0 aliphatic rings. The van der Waals surface area contributed by atoms with Gasteiger partial charge in [-0.25, -0.2) is 13.4 Å². The maximum Gasteiger partial charge on any atom is 0.263 e. The van der Waals surface area contributed by atoms with Gasteiger partial charge in [0.2, 0.25) is 5.03 Å². The lowest BCUT2D eigenvalue weighted by atomic mass is 10.2. The molecule has 8 heteroatoms. The summed E-state index contributed by atoms with van der Waals surface area (Å²) in [4.78, 5) is 3.81. The number of hydrogen-bond acceptors (Lipinski definition) is 4. The van der Waals surface area contributed by atoms with Crippen LogP contribution in [0.5, 0.6) is 0 Å². The van der Waals surface area contributed by atoms with Crippen molar-refractivity contribution in [3.63, 3.8) is 0 Å². The molecule has 1 aromatic rings. The molecule has 0 aliphatic heterocycles. The third-order valence-corrected chi connectivity index (χ3v) is 4.97. The Hall–Kier alpha value is -0.630.